The van der Waals surface area contributed by atoms with Crippen LogP contribution in [0.25, 0.3) is 10.9 Å². The molecule has 2 rings (SSSR count). The van der Waals surface area contributed by atoms with Crippen LogP contribution in [0, 0.1) is 5.92 Å². The number of fused-ring (bicyclic) bond motifs is 1. The second kappa shape index (κ2) is 11.4. The lowest BCUT2D eigenvalue weighted by atomic mass is 10.1. The summed E-state index contributed by atoms with van der Waals surface area (Å²) >= 11 is 0. The van der Waals surface area contributed by atoms with E-state index in [1.54, 1.807) is 12.1 Å². The topological polar surface area (TPSA) is 102 Å². The van der Waals surface area contributed by atoms with Crippen molar-refractivity contribution in [3.8, 4) is 11.5 Å². The number of nitrogens with zero attached hydrogens (tertiary/aromatic N) is 1. The Labute approximate surface area is 176 Å². The fourth-order valence-corrected chi connectivity index (χ4v) is 3.14. The minimum atomic E-state index is -0.472. The predicted molar refractivity (Wildman–Crippen MR) is 117 cm³/mol. The minimum absolute atomic E-state index is 0.000211. The quantitative estimate of drug-likeness (QED) is 0.515. The third-order valence-corrected chi connectivity index (χ3v) is 4.73. The van der Waals surface area contributed by atoms with Gasteiger partial charge in [0.25, 0.3) is 5.56 Å². The molecule has 0 radical (unpaired) electrons. The Morgan fingerprint density at radius 2 is 1.77 bits per heavy atom. The third-order valence-electron chi connectivity index (χ3n) is 4.73. The first-order valence-corrected chi connectivity index (χ1v) is 10.7. The summed E-state index contributed by atoms with van der Waals surface area (Å²) in [6.07, 6.45) is 2.49. The van der Waals surface area contributed by atoms with Gasteiger partial charge in [-0.2, -0.15) is 0 Å². The van der Waals surface area contributed by atoms with E-state index in [0.717, 1.165) is 6.42 Å². The summed E-state index contributed by atoms with van der Waals surface area (Å²) in [5.74, 6) is 1.51. The van der Waals surface area contributed by atoms with E-state index in [-0.39, 0.29) is 18.0 Å². The lowest BCUT2D eigenvalue weighted by Crippen LogP contribution is -2.35. The van der Waals surface area contributed by atoms with Gasteiger partial charge in [-0.1, -0.05) is 13.8 Å². The fourth-order valence-electron chi connectivity index (χ4n) is 3.14. The molecule has 166 valence electrons. The highest BCUT2D eigenvalue weighted by Gasteiger charge is 2.13. The number of benzene rings is 1. The van der Waals surface area contributed by atoms with Crippen molar-refractivity contribution in [2.45, 2.75) is 59.9 Å². The number of unbranched alkanes of at least 4 members (excludes halogenated alkanes) is 1. The van der Waals surface area contributed by atoms with Gasteiger partial charge in [0.2, 0.25) is 5.91 Å². The van der Waals surface area contributed by atoms with E-state index in [1.165, 1.54) is 4.57 Å². The zero-order chi connectivity index (χ0) is 22.1. The van der Waals surface area contributed by atoms with Gasteiger partial charge >= 0.3 is 5.69 Å². The van der Waals surface area contributed by atoms with Crippen molar-refractivity contribution in [3.05, 3.63) is 33.0 Å². The molecule has 1 aromatic heterocycles. The second-order valence-electron chi connectivity index (χ2n) is 7.59. The van der Waals surface area contributed by atoms with Crippen LogP contribution >= 0.6 is 0 Å². The van der Waals surface area contributed by atoms with Crippen LogP contribution in [-0.2, 0) is 11.3 Å². The largest absolute Gasteiger partial charge is 0.490 e. The number of aromatic nitrogens is 2. The zero-order valence-electron chi connectivity index (χ0n) is 18.4. The maximum atomic E-state index is 12.9. The van der Waals surface area contributed by atoms with Crippen molar-refractivity contribution < 1.29 is 14.3 Å². The van der Waals surface area contributed by atoms with Crippen molar-refractivity contribution in [3.63, 3.8) is 0 Å². The van der Waals surface area contributed by atoms with Crippen LogP contribution in [0.15, 0.2) is 21.7 Å². The van der Waals surface area contributed by atoms with Crippen molar-refractivity contribution >= 4 is 16.8 Å². The minimum Gasteiger partial charge on any atom is -0.490 e. The van der Waals surface area contributed by atoms with E-state index in [4.69, 9.17) is 9.47 Å². The average molecular weight is 420 g/mol. The number of aromatic amines is 1. The maximum Gasteiger partial charge on any atom is 0.328 e. The maximum absolute atomic E-state index is 12.9. The number of carbonyl (C=O) groups is 1. The van der Waals surface area contributed by atoms with Gasteiger partial charge in [-0.05, 0) is 45.1 Å². The van der Waals surface area contributed by atoms with E-state index < -0.39 is 5.69 Å². The van der Waals surface area contributed by atoms with Crippen LogP contribution in [0.4, 0.5) is 0 Å². The van der Waals surface area contributed by atoms with Crippen LogP contribution in [0.3, 0.4) is 0 Å². The zero-order valence-corrected chi connectivity index (χ0v) is 18.4. The van der Waals surface area contributed by atoms with Gasteiger partial charge in [0, 0.05) is 25.6 Å². The molecular weight excluding hydrogens is 386 g/mol. The number of hydrogen-bond donors (Lipinski definition) is 2. The summed E-state index contributed by atoms with van der Waals surface area (Å²) in [5.41, 5.74) is -0.433. The van der Waals surface area contributed by atoms with E-state index in [9.17, 15) is 14.4 Å². The van der Waals surface area contributed by atoms with Gasteiger partial charge in [-0.15, -0.1) is 0 Å². The number of hydrogen-bond acceptors (Lipinski definition) is 5. The Bertz CT molecular complexity index is 962. The van der Waals surface area contributed by atoms with Crippen molar-refractivity contribution in [1.29, 1.82) is 0 Å². The van der Waals surface area contributed by atoms with Crippen molar-refractivity contribution in [2.75, 3.05) is 19.8 Å². The summed E-state index contributed by atoms with van der Waals surface area (Å²) in [7, 11) is 0. The van der Waals surface area contributed by atoms with Gasteiger partial charge in [0.05, 0.1) is 24.1 Å². The number of H-pyrrole nitrogens is 1. The van der Waals surface area contributed by atoms with Gasteiger partial charge in [0.15, 0.2) is 11.5 Å². The first-order chi connectivity index (χ1) is 14.4. The molecule has 0 saturated heterocycles. The molecule has 0 aliphatic heterocycles. The molecule has 0 bridgehead atoms. The van der Waals surface area contributed by atoms with Crippen LogP contribution in [0.1, 0.15) is 53.4 Å². The molecule has 1 heterocycles. The SMILES string of the molecule is CCOc1cc2[nH]c(=O)n(CCCCC(=O)NCCC(C)C)c(=O)c2cc1OCC. The summed E-state index contributed by atoms with van der Waals surface area (Å²) in [6, 6.07) is 3.24. The molecule has 0 atom stereocenters. The van der Waals surface area contributed by atoms with Gasteiger partial charge in [0.1, 0.15) is 0 Å². The van der Waals surface area contributed by atoms with Crippen LogP contribution < -0.4 is 26.0 Å². The monoisotopic (exact) mass is 419 g/mol. The van der Waals surface area contributed by atoms with Crippen molar-refractivity contribution in [1.82, 2.24) is 14.9 Å². The third kappa shape index (κ3) is 6.37. The Hall–Kier alpha value is -2.77. The molecule has 2 aromatic rings. The van der Waals surface area contributed by atoms with Gasteiger partial charge < -0.3 is 19.8 Å². The summed E-state index contributed by atoms with van der Waals surface area (Å²) in [4.78, 5) is 39.9. The molecule has 0 aliphatic carbocycles. The highest BCUT2D eigenvalue weighted by atomic mass is 16.5. The average Bonchev–Trinajstić information content (AvgIpc) is 2.68. The molecular formula is C22H33N3O5. The van der Waals surface area contributed by atoms with Gasteiger partial charge in [-0.25, -0.2) is 4.79 Å². The Balaban J connectivity index is 2.09. The molecule has 0 saturated carbocycles. The van der Waals surface area contributed by atoms with E-state index in [1.807, 2.05) is 13.8 Å². The smallest absolute Gasteiger partial charge is 0.328 e. The number of carbonyl (C=O) groups excluding carboxylic acids is 1. The predicted octanol–water partition coefficient (Wildman–Crippen LogP) is 2.82. The lowest BCUT2D eigenvalue weighted by Gasteiger charge is -2.13. The molecule has 0 aliphatic rings. The van der Waals surface area contributed by atoms with Crippen LogP contribution in [0.2, 0.25) is 0 Å². The summed E-state index contributed by atoms with van der Waals surface area (Å²) < 4.78 is 12.3. The Morgan fingerprint density at radius 3 is 2.40 bits per heavy atom. The second-order valence-corrected chi connectivity index (χ2v) is 7.59. The molecule has 1 amide bonds. The number of rotatable bonds is 12. The molecule has 1 aromatic carbocycles. The molecule has 0 spiro atoms. The Kier molecular flexibility index (Phi) is 8.95. The number of amides is 1. The highest BCUT2D eigenvalue weighted by Crippen LogP contribution is 2.30. The fraction of sp³-hybridized carbons (Fsp3) is 0.591. The highest BCUT2D eigenvalue weighted by molar-refractivity contribution is 5.81. The molecule has 2 N–H and O–H groups in total. The molecule has 0 unspecified atom stereocenters. The summed E-state index contributed by atoms with van der Waals surface area (Å²) in [5, 5.41) is 3.26. The van der Waals surface area contributed by atoms with Crippen LogP contribution in [0.5, 0.6) is 11.5 Å². The molecule has 8 heteroatoms. The van der Waals surface area contributed by atoms with E-state index in [2.05, 4.69) is 24.1 Å². The molecule has 30 heavy (non-hydrogen) atoms. The van der Waals surface area contributed by atoms with E-state index >= 15 is 0 Å². The first kappa shape index (κ1) is 23.5. The number of nitrogens with one attached hydrogen (secondary N) is 2. The number of ether oxygens (including phenoxy) is 2. The normalized spacial score (nSPS) is 11.1. The summed E-state index contributed by atoms with van der Waals surface area (Å²) in [6.45, 7) is 9.72. The Morgan fingerprint density at radius 1 is 1.10 bits per heavy atom. The molecule has 0 fully saturated rings. The standard InChI is InChI=1S/C22H33N3O5/c1-5-29-18-13-16-17(14-19(18)30-6-2)24-22(28)25(21(16)27)12-8-7-9-20(26)23-11-10-15(3)4/h13-15H,5-12H2,1-4H3,(H,23,26)(H,24,28). The van der Waals surface area contributed by atoms with Crippen LogP contribution in [-0.4, -0.2) is 35.2 Å². The van der Waals surface area contributed by atoms with E-state index in [0.29, 0.717) is 67.3 Å². The first-order valence-electron chi connectivity index (χ1n) is 10.7. The van der Waals surface area contributed by atoms with Crippen molar-refractivity contribution in [2.24, 2.45) is 5.92 Å². The molecule has 8 nitrogen and oxygen atoms in total. The van der Waals surface area contributed by atoms with Gasteiger partial charge in [-0.3, -0.25) is 14.2 Å². The lowest BCUT2D eigenvalue weighted by molar-refractivity contribution is -0.121.